The lowest BCUT2D eigenvalue weighted by atomic mass is 10.3. The number of sulfonamides is 1. The van der Waals surface area contributed by atoms with Crippen LogP contribution in [0.2, 0.25) is 0 Å². The second-order valence-electron chi connectivity index (χ2n) is 6.33. The van der Waals surface area contributed by atoms with Crippen molar-refractivity contribution < 1.29 is 12.8 Å². The molecule has 9 heteroatoms. The number of anilines is 1. The fraction of sp³-hybridized carbons (Fsp3) is 0. The van der Waals surface area contributed by atoms with Crippen molar-refractivity contribution in [1.29, 1.82) is 0 Å². The molecule has 0 bridgehead atoms. The number of para-hydroxylation sites is 4. The summed E-state index contributed by atoms with van der Waals surface area (Å²) in [5, 5.41) is 0.695. The predicted octanol–water partition coefficient (Wildman–Crippen LogP) is 4.72. The highest BCUT2D eigenvalue weighted by Crippen LogP contribution is 2.34. The molecule has 148 valence electrons. The van der Waals surface area contributed by atoms with Crippen LogP contribution >= 0.6 is 11.8 Å². The maximum absolute atomic E-state index is 12.9. The number of nitrogens with zero attached hydrogens (tertiary/aromatic N) is 3. The summed E-state index contributed by atoms with van der Waals surface area (Å²) in [6.45, 7) is 0. The summed E-state index contributed by atoms with van der Waals surface area (Å²) < 4.78 is 34.0. The van der Waals surface area contributed by atoms with Crippen LogP contribution in [0.15, 0.2) is 98.4 Å². The Morgan fingerprint density at radius 1 is 0.733 bits per heavy atom. The molecular weight excluding hydrogens is 420 g/mol. The van der Waals surface area contributed by atoms with Crippen LogP contribution in [0.25, 0.3) is 22.1 Å². The van der Waals surface area contributed by atoms with Crippen LogP contribution < -0.4 is 4.72 Å². The molecule has 0 amide bonds. The van der Waals surface area contributed by atoms with Gasteiger partial charge in [-0.1, -0.05) is 42.5 Å². The van der Waals surface area contributed by atoms with E-state index in [4.69, 9.17) is 4.42 Å². The topological polar surface area (TPSA) is 98.0 Å². The lowest BCUT2D eigenvalue weighted by Gasteiger charge is -2.11. The molecule has 0 unspecified atom stereocenters. The molecule has 0 aliphatic heterocycles. The zero-order valence-corrected chi connectivity index (χ0v) is 17.0. The van der Waals surface area contributed by atoms with Crippen molar-refractivity contribution in [2.24, 2.45) is 0 Å². The summed E-state index contributed by atoms with van der Waals surface area (Å²) in [4.78, 5) is 13.7. The van der Waals surface area contributed by atoms with Crippen molar-refractivity contribution in [2.75, 3.05) is 4.72 Å². The minimum atomic E-state index is -3.84. The molecule has 7 nitrogen and oxygen atoms in total. The number of fused-ring (bicyclic) bond motifs is 2. The number of oxazole rings is 1. The van der Waals surface area contributed by atoms with Crippen molar-refractivity contribution in [3.05, 3.63) is 78.9 Å². The van der Waals surface area contributed by atoms with Crippen LogP contribution in [0.3, 0.4) is 0 Å². The smallest absolute Gasteiger partial charge is 0.263 e. The summed E-state index contributed by atoms with van der Waals surface area (Å²) in [7, 11) is -3.84. The van der Waals surface area contributed by atoms with Gasteiger partial charge in [-0.25, -0.2) is 23.4 Å². The highest BCUT2D eigenvalue weighted by Gasteiger charge is 2.20. The lowest BCUT2D eigenvalue weighted by molar-refractivity contribution is 0.489. The quantitative estimate of drug-likeness (QED) is 0.427. The molecule has 0 fully saturated rings. The molecule has 2 heterocycles. The van der Waals surface area contributed by atoms with Gasteiger partial charge in [-0.2, -0.15) is 0 Å². The molecule has 0 aliphatic carbocycles. The third-order valence-corrected chi connectivity index (χ3v) is 6.46. The predicted molar refractivity (Wildman–Crippen MR) is 115 cm³/mol. The maximum atomic E-state index is 12.9. The molecule has 5 aromatic rings. The Morgan fingerprint density at radius 2 is 1.37 bits per heavy atom. The van der Waals surface area contributed by atoms with E-state index in [0.29, 0.717) is 32.4 Å². The summed E-state index contributed by atoms with van der Waals surface area (Å²) >= 11 is 1.11. The van der Waals surface area contributed by atoms with E-state index in [-0.39, 0.29) is 10.7 Å². The van der Waals surface area contributed by atoms with Crippen LogP contribution in [-0.4, -0.2) is 23.4 Å². The Bertz CT molecular complexity index is 1430. The van der Waals surface area contributed by atoms with Gasteiger partial charge < -0.3 is 4.42 Å². The summed E-state index contributed by atoms with van der Waals surface area (Å²) in [6, 6.07) is 22.8. The largest absolute Gasteiger partial charge is 0.431 e. The first-order valence-electron chi connectivity index (χ1n) is 8.97. The molecule has 0 spiro atoms. The number of aromatic nitrogens is 3. The van der Waals surface area contributed by atoms with Crippen LogP contribution in [0, 0.1) is 0 Å². The first-order valence-corrected chi connectivity index (χ1v) is 11.3. The maximum Gasteiger partial charge on any atom is 0.263 e. The molecule has 0 radical (unpaired) electrons. The molecule has 3 aromatic carbocycles. The van der Waals surface area contributed by atoms with Gasteiger partial charge in [-0.3, -0.25) is 4.72 Å². The summed E-state index contributed by atoms with van der Waals surface area (Å²) in [5.41, 5.74) is 2.56. The number of hydrogen-bond donors (Lipinski definition) is 1. The third-order valence-electron chi connectivity index (χ3n) is 4.28. The normalized spacial score (nSPS) is 11.7. The highest BCUT2D eigenvalue weighted by atomic mass is 32.2. The van der Waals surface area contributed by atoms with E-state index >= 15 is 0 Å². The van der Waals surface area contributed by atoms with Gasteiger partial charge in [0.15, 0.2) is 11.4 Å². The monoisotopic (exact) mass is 434 g/mol. The van der Waals surface area contributed by atoms with Gasteiger partial charge in [0.05, 0.1) is 15.9 Å². The molecule has 1 N–H and O–H groups in total. The Morgan fingerprint density at radius 3 is 2.10 bits per heavy atom. The number of hydrogen-bond acceptors (Lipinski definition) is 7. The molecule has 0 saturated carbocycles. The van der Waals surface area contributed by atoms with Gasteiger partial charge in [0, 0.05) is 0 Å². The van der Waals surface area contributed by atoms with E-state index in [9.17, 15) is 8.42 Å². The minimum absolute atomic E-state index is 0.116. The average Bonchev–Trinajstić information content (AvgIpc) is 3.17. The van der Waals surface area contributed by atoms with Crippen LogP contribution in [0.4, 0.5) is 5.82 Å². The molecule has 2 aromatic heterocycles. The van der Waals surface area contributed by atoms with Crippen LogP contribution in [0.1, 0.15) is 0 Å². The second-order valence-corrected chi connectivity index (χ2v) is 8.96. The lowest BCUT2D eigenvalue weighted by Crippen LogP contribution is -2.15. The fourth-order valence-electron chi connectivity index (χ4n) is 2.88. The van der Waals surface area contributed by atoms with Crippen molar-refractivity contribution in [3.8, 4) is 0 Å². The SMILES string of the molecule is O=S(=O)(Nc1nc2ccccc2nc1Sc1nc2ccccc2o1)c1ccccc1. The van der Waals surface area contributed by atoms with Gasteiger partial charge in [0.2, 0.25) is 0 Å². The average molecular weight is 435 g/mol. The molecule has 30 heavy (non-hydrogen) atoms. The van der Waals surface area contributed by atoms with Gasteiger partial charge >= 0.3 is 0 Å². The van der Waals surface area contributed by atoms with Gasteiger partial charge in [-0.15, -0.1) is 0 Å². The highest BCUT2D eigenvalue weighted by molar-refractivity contribution is 7.99. The van der Waals surface area contributed by atoms with E-state index in [0.717, 1.165) is 11.8 Å². The molecular formula is C21H14N4O3S2. The van der Waals surface area contributed by atoms with Gasteiger partial charge in [0.1, 0.15) is 10.5 Å². The Labute approximate surface area is 176 Å². The summed E-state index contributed by atoms with van der Waals surface area (Å²) in [6.07, 6.45) is 0. The van der Waals surface area contributed by atoms with E-state index in [1.165, 1.54) is 12.1 Å². The third kappa shape index (κ3) is 3.60. The van der Waals surface area contributed by atoms with E-state index in [1.54, 1.807) is 24.3 Å². The summed E-state index contributed by atoms with van der Waals surface area (Å²) in [5.74, 6) is 0.116. The zero-order chi connectivity index (χ0) is 20.6. The molecule has 5 rings (SSSR count). The molecule has 0 saturated heterocycles. The zero-order valence-electron chi connectivity index (χ0n) is 15.4. The van der Waals surface area contributed by atoms with Crippen LogP contribution in [-0.2, 0) is 10.0 Å². The fourth-order valence-corrected chi connectivity index (χ4v) is 4.76. The van der Waals surface area contributed by atoms with Gasteiger partial charge in [0.25, 0.3) is 15.2 Å². The van der Waals surface area contributed by atoms with Crippen molar-refractivity contribution in [3.63, 3.8) is 0 Å². The molecule has 0 aliphatic rings. The standard InChI is InChI=1S/C21H14N4O3S2/c26-30(27,14-8-2-1-3-9-14)25-19-20(23-16-11-5-4-10-15(16)22-19)29-21-24-17-12-6-7-13-18(17)28-21/h1-13H,(H,22,25). The first-order chi connectivity index (χ1) is 14.6. The Hall–Kier alpha value is -3.43. The van der Waals surface area contributed by atoms with E-state index in [1.807, 2.05) is 42.5 Å². The molecule has 0 atom stereocenters. The van der Waals surface area contributed by atoms with Crippen molar-refractivity contribution in [2.45, 2.75) is 15.1 Å². The Kier molecular flexibility index (Phi) is 4.61. The Balaban J connectivity index is 1.59. The number of benzene rings is 3. The van der Waals surface area contributed by atoms with E-state index in [2.05, 4.69) is 19.7 Å². The first kappa shape index (κ1) is 18.6. The van der Waals surface area contributed by atoms with E-state index < -0.39 is 10.0 Å². The number of rotatable bonds is 5. The van der Waals surface area contributed by atoms with Crippen molar-refractivity contribution in [1.82, 2.24) is 15.0 Å². The van der Waals surface area contributed by atoms with Crippen molar-refractivity contribution >= 4 is 49.7 Å². The number of nitrogens with one attached hydrogen (secondary N) is 1. The van der Waals surface area contributed by atoms with Gasteiger partial charge in [-0.05, 0) is 48.2 Å². The minimum Gasteiger partial charge on any atom is -0.431 e. The second kappa shape index (κ2) is 7.43. The van der Waals surface area contributed by atoms with Crippen LogP contribution in [0.5, 0.6) is 0 Å².